The highest BCUT2D eigenvalue weighted by atomic mass is 35.5. The normalized spacial score (nSPS) is 10.6. The number of hydrogen-bond donors (Lipinski definition) is 2. The van der Waals surface area contributed by atoms with Crippen LogP contribution in [0.15, 0.2) is 54.7 Å². The number of amides is 2. The van der Waals surface area contributed by atoms with Crippen molar-refractivity contribution in [2.75, 3.05) is 30.5 Å². The molecule has 2 N–H and O–H groups in total. The molecular weight excluding hydrogens is 366 g/mol. The van der Waals surface area contributed by atoms with Gasteiger partial charge in [0.1, 0.15) is 6.61 Å². The Bertz CT molecular complexity index is 928. The van der Waals surface area contributed by atoms with Gasteiger partial charge in [-0.15, -0.1) is 0 Å². The van der Waals surface area contributed by atoms with E-state index in [-0.39, 0.29) is 0 Å². The number of benzene rings is 2. The van der Waals surface area contributed by atoms with Gasteiger partial charge in [-0.2, -0.15) is 0 Å². The summed E-state index contributed by atoms with van der Waals surface area (Å²) < 4.78 is 10.9. The molecule has 0 aliphatic carbocycles. The molecule has 0 saturated heterocycles. The van der Waals surface area contributed by atoms with Gasteiger partial charge in [-0.25, -0.2) is 4.79 Å². The van der Waals surface area contributed by atoms with Crippen molar-refractivity contribution in [1.29, 1.82) is 0 Å². The van der Waals surface area contributed by atoms with Crippen molar-refractivity contribution in [2.45, 2.75) is 6.92 Å². The largest absolute Gasteiger partial charge is 0.487 e. The molecule has 2 amide bonds. The number of carbonyl (C=O) groups excluding carboxylic acids is 1. The van der Waals surface area contributed by atoms with Gasteiger partial charge in [0.25, 0.3) is 0 Å². The number of rotatable bonds is 7. The maximum absolute atomic E-state index is 12.5. The molecule has 0 fully saturated rings. The van der Waals surface area contributed by atoms with Crippen LogP contribution < -0.4 is 15.4 Å². The molecule has 1 aromatic heterocycles. The molecule has 0 saturated carbocycles. The first-order chi connectivity index (χ1) is 13.2. The smallest absolute Gasteiger partial charge is 0.323 e. The minimum Gasteiger partial charge on any atom is -0.487 e. The number of nitrogens with one attached hydrogen (secondary N) is 2. The zero-order valence-corrected chi connectivity index (χ0v) is 15.6. The maximum atomic E-state index is 12.5. The number of aromatic nitrogens is 1. The molecule has 0 radical (unpaired) electrons. The summed E-state index contributed by atoms with van der Waals surface area (Å²) in [4.78, 5) is 16.8. The van der Waals surface area contributed by atoms with Crippen LogP contribution in [0, 0.1) is 0 Å². The van der Waals surface area contributed by atoms with E-state index in [0.29, 0.717) is 42.0 Å². The SMILES string of the molecule is CCOCCOc1c(Cl)cccc1NC(=O)Nc1cccc2cccnc12. The third-order valence-electron chi connectivity index (χ3n) is 3.77. The quantitative estimate of drug-likeness (QED) is 0.564. The van der Waals surface area contributed by atoms with Gasteiger partial charge in [-0.1, -0.05) is 35.9 Å². The van der Waals surface area contributed by atoms with E-state index in [9.17, 15) is 4.79 Å². The Labute approximate surface area is 162 Å². The number of anilines is 2. The van der Waals surface area contributed by atoms with Crippen molar-refractivity contribution in [3.05, 3.63) is 59.8 Å². The molecule has 3 aromatic rings. The number of pyridine rings is 1. The van der Waals surface area contributed by atoms with Crippen LogP contribution in [0.4, 0.5) is 16.2 Å². The van der Waals surface area contributed by atoms with Crippen molar-refractivity contribution in [3.63, 3.8) is 0 Å². The minimum absolute atomic E-state index is 0.334. The lowest BCUT2D eigenvalue weighted by atomic mass is 10.2. The number of halogens is 1. The third-order valence-corrected chi connectivity index (χ3v) is 4.07. The van der Waals surface area contributed by atoms with Gasteiger partial charge >= 0.3 is 6.03 Å². The molecule has 0 atom stereocenters. The van der Waals surface area contributed by atoms with Gasteiger partial charge in [0, 0.05) is 18.2 Å². The molecule has 3 rings (SSSR count). The summed E-state index contributed by atoms with van der Waals surface area (Å²) in [5.74, 6) is 0.407. The second-order valence-electron chi connectivity index (χ2n) is 5.62. The lowest BCUT2D eigenvalue weighted by molar-refractivity contribution is 0.110. The first-order valence-corrected chi connectivity index (χ1v) is 8.97. The monoisotopic (exact) mass is 385 g/mol. The zero-order chi connectivity index (χ0) is 19.1. The summed E-state index contributed by atoms with van der Waals surface area (Å²) in [5.41, 5.74) is 1.81. The van der Waals surface area contributed by atoms with Crippen LogP contribution in [-0.4, -0.2) is 30.8 Å². The molecule has 2 aromatic carbocycles. The lowest BCUT2D eigenvalue weighted by Gasteiger charge is -2.15. The molecule has 27 heavy (non-hydrogen) atoms. The maximum Gasteiger partial charge on any atom is 0.323 e. The first kappa shape index (κ1) is 18.9. The topological polar surface area (TPSA) is 72.5 Å². The van der Waals surface area contributed by atoms with Crippen LogP contribution in [0.2, 0.25) is 5.02 Å². The Hall–Kier alpha value is -2.83. The average Bonchev–Trinajstić information content (AvgIpc) is 2.67. The van der Waals surface area contributed by atoms with Crippen molar-refractivity contribution >= 4 is 39.9 Å². The number of carbonyl (C=O) groups is 1. The number of ether oxygens (including phenoxy) is 2. The molecular formula is C20H20ClN3O3. The second-order valence-corrected chi connectivity index (χ2v) is 6.03. The Morgan fingerprint density at radius 3 is 2.63 bits per heavy atom. The van der Waals surface area contributed by atoms with Crippen molar-refractivity contribution in [3.8, 4) is 5.75 Å². The Kier molecular flexibility index (Phi) is 6.46. The highest BCUT2D eigenvalue weighted by molar-refractivity contribution is 6.32. The van der Waals surface area contributed by atoms with Crippen LogP contribution in [0.3, 0.4) is 0 Å². The predicted octanol–water partition coefficient (Wildman–Crippen LogP) is 4.95. The van der Waals surface area contributed by atoms with E-state index >= 15 is 0 Å². The fourth-order valence-corrected chi connectivity index (χ4v) is 2.81. The molecule has 1 heterocycles. The first-order valence-electron chi connectivity index (χ1n) is 8.60. The Balaban J connectivity index is 1.73. The predicted molar refractivity (Wildman–Crippen MR) is 108 cm³/mol. The van der Waals surface area contributed by atoms with Gasteiger partial charge in [-0.05, 0) is 31.2 Å². The third kappa shape index (κ3) is 4.87. The van der Waals surface area contributed by atoms with E-state index in [0.717, 1.165) is 10.9 Å². The summed E-state index contributed by atoms with van der Waals surface area (Å²) in [6.07, 6.45) is 1.69. The van der Waals surface area contributed by atoms with Gasteiger partial charge in [0.15, 0.2) is 5.75 Å². The van der Waals surface area contributed by atoms with E-state index in [2.05, 4.69) is 15.6 Å². The Morgan fingerprint density at radius 1 is 1.04 bits per heavy atom. The summed E-state index contributed by atoms with van der Waals surface area (Å²) in [6, 6.07) is 14.1. The van der Waals surface area contributed by atoms with Crippen LogP contribution in [0.5, 0.6) is 5.75 Å². The molecule has 0 aliphatic rings. The lowest BCUT2D eigenvalue weighted by Crippen LogP contribution is -2.20. The minimum atomic E-state index is -0.412. The van der Waals surface area contributed by atoms with E-state index in [1.54, 1.807) is 30.5 Å². The van der Waals surface area contributed by atoms with E-state index in [1.165, 1.54) is 0 Å². The Morgan fingerprint density at radius 2 is 1.78 bits per heavy atom. The summed E-state index contributed by atoms with van der Waals surface area (Å²) in [6.45, 7) is 3.30. The average molecular weight is 386 g/mol. The van der Waals surface area contributed by atoms with E-state index in [4.69, 9.17) is 21.1 Å². The van der Waals surface area contributed by atoms with Crippen molar-refractivity contribution in [1.82, 2.24) is 4.98 Å². The zero-order valence-electron chi connectivity index (χ0n) is 14.9. The highest BCUT2D eigenvalue weighted by Crippen LogP contribution is 2.33. The van der Waals surface area contributed by atoms with Crippen molar-refractivity contribution in [2.24, 2.45) is 0 Å². The molecule has 140 valence electrons. The summed E-state index contributed by atoms with van der Waals surface area (Å²) in [5, 5.41) is 6.95. The second kappa shape index (κ2) is 9.21. The van der Waals surface area contributed by atoms with Crippen LogP contribution in [0.1, 0.15) is 6.92 Å². The number of hydrogen-bond acceptors (Lipinski definition) is 4. The van der Waals surface area contributed by atoms with E-state index < -0.39 is 6.03 Å². The summed E-state index contributed by atoms with van der Waals surface area (Å²) in [7, 11) is 0. The van der Waals surface area contributed by atoms with Gasteiger partial charge in [-0.3, -0.25) is 4.98 Å². The summed E-state index contributed by atoms with van der Waals surface area (Å²) >= 11 is 6.22. The molecule has 6 nitrogen and oxygen atoms in total. The van der Waals surface area contributed by atoms with E-state index in [1.807, 2.05) is 31.2 Å². The fraction of sp³-hybridized carbons (Fsp3) is 0.200. The number of nitrogens with zero attached hydrogens (tertiary/aromatic N) is 1. The number of urea groups is 1. The molecule has 0 aliphatic heterocycles. The number of fused-ring (bicyclic) bond motifs is 1. The molecule has 0 unspecified atom stereocenters. The highest BCUT2D eigenvalue weighted by Gasteiger charge is 2.13. The van der Waals surface area contributed by atoms with Crippen LogP contribution >= 0.6 is 11.6 Å². The fourth-order valence-electron chi connectivity index (χ4n) is 2.58. The molecule has 0 bridgehead atoms. The molecule has 7 heteroatoms. The van der Waals surface area contributed by atoms with Crippen LogP contribution in [-0.2, 0) is 4.74 Å². The van der Waals surface area contributed by atoms with Crippen molar-refractivity contribution < 1.29 is 14.3 Å². The van der Waals surface area contributed by atoms with Crippen LogP contribution in [0.25, 0.3) is 10.9 Å². The number of para-hydroxylation sites is 2. The molecule has 0 spiro atoms. The van der Waals surface area contributed by atoms with Gasteiger partial charge in [0.05, 0.1) is 28.5 Å². The van der Waals surface area contributed by atoms with Gasteiger partial charge in [0.2, 0.25) is 0 Å². The van der Waals surface area contributed by atoms with Gasteiger partial charge < -0.3 is 20.1 Å². The standard InChI is InChI=1S/C20H20ClN3O3/c1-2-26-12-13-27-19-15(21)8-4-10-17(19)24-20(25)23-16-9-3-6-14-7-5-11-22-18(14)16/h3-11H,2,12-13H2,1H3,(H2,23,24,25).